The van der Waals surface area contributed by atoms with Gasteiger partial charge in [0, 0.05) is 23.4 Å². The molecule has 8 heteroatoms. The standard InChI is InChI=1S/C17H18Cl2N2O3S/c1-4-5-8-25-17(23)24-16-14(10(2)20-21(16)3)15(22)12-7-6-11(18)9-13(12)19/h6-7,9H,4-5,8H2,1-3H3. The number of hydrogen-bond donors (Lipinski definition) is 0. The first-order valence-corrected chi connectivity index (χ1v) is 9.47. The molecule has 0 fully saturated rings. The van der Waals surface area contributed by atoms with Gasteiger partial charge in [0.15, 0.2) is 0 Å². The number of halogens is 2. The van der Waals surface area contributed by atoms with Gasteiger partial charge in [0.2, 0.25) is 11.7 Å². The first kappa shape index (κ1) is 19.8. The summed E-state index contributed by atoms with van der Waals surface area (Å²) in [4.78, 5) is 24.9. The lowest BCUT2D eigenvalue weighted by Gasteiger charge is -2.08. The van der Waals surface area contributed by atoms with E-state index in [1.807, 2.05) is 6.92 Å². The van der Waals surface area contributed by atoms with Gasteiger partial charge in [0.25, 0.3) is 0 Å². The van der Waals surface area contributed by atoms with Crippen LogP contribution >= 0.6 is 35.0 Å². The SMILES string of the molecule is CCCCSC(=O)Oc1c(C(=O)c2ccc(Cl)cc2Cl)c(C)nn1C. The number of nitrogens with zero attached hydrogens (tertiary/aromatic N) is 2. The number of hydrogen-bond acceptors (Lipinski definition) is 5. The number of benzene rings is 1. The van der Waals surface area contributed by atoms with E-state index in [4.69, 9.17) is 27.9 Å². The summed E-state index contributed by atoms with van der Waals surface area (Å²) in [6, 6.07) is 4.62. The van der Waals surface area contributed by atoms with Crippen molar-refractivity contribution in [3.8, 4) is 5.88 Å². The summed E-state index contributed by atoms with van der Waals surface area (Å²) < 4.78 is 6.76. The predicted molar refractivity (Wildman–Crippen MR) is 101 cm³/mol. The van der Waals surface area contributed by atoms with E-state index in [2.05, 4.69) is 5.10 Å². The van der Waals surface area contributed by atoms with Crippen LogP contribution in [0.3, 0.4) is 0 Å². The molecule has 0 amide bonds. The Morgan fingerprint density at radius 3 is 2.68 bits per heavy atom. The van der Waals surface area contributed by atoms with Crippen molar-refractivity contribution in [3.63, 3.8) is 0 Å². The summed E-state index contributed by atoms with van der Waals surface area (Å²) in [6.07, 6.45) is 1.90. The number of ether oxygens (including phenoxy) is 1. The summed E-state index contributed by atoms with van der Waals surface area (Å²) in [7, 11) is 1.62. The van der Waals surface area contributed by atoms with Gasteiger partial charge in [-0.05, 0) is 43.3 Å². The van der Waals surface area contributed by atoms with Crippen LogP contribution in [0.1, 0.15) is 41.4 Å². The molecule has 2 aromatic rings. The average molecular weight is 401 g/mol. The lowest BCUT2D eigenvalue weighted by Crippen LogP contribution is -2.10. The number of aryl methyl sites for hydroxylation is 2. The minimum Gasteiger partial charge on any atom is -0.399 e. The number of thioether (sulfide) groups is 1. The molecule has 0 saturated carbocycles. The summed E-state index contributed by atoms with van der Waals surface area (Å²) in [5, 5.41) is 4.39. The van der Waals surface area contributed by atoms with Crippen LogP contribution < -0.4 is 4.74 Å². The molecule has 0 N–H and O–H groups in total. The van der Waals surface area contributed by atoms with Crippen LogP contribution in [0.2, 0.25) is 10.0 Å². The molecule has 5 nitrogen and oxygen atoms in total. The van der Waals surface area contributed by atoms with E-state index in [1.54, 1.807) is 26.1 Å². The highest BCUT2D eigenvalue weighted by Crippen LogP contribution is 2.30. The zero-order valence-corrected chi connectivity index (χ0v) is 16.5. The van der Waals surface area contributed by atoms with Crippen LogP contribution in [0.15, 0.2) is 18.2 Å². The molecule has 1 aromatic carbocycles. The maximum Gasteiger partial charge on any atom is 0.374 e. The Balaban J connectivity index is 2.32. The van der Waals surface area contributed by atoms with Crippen molar-refractivity contribution in [2.75, 3.05) is 5.75 Å². The van der Waals surface area contributed by atoms with Gasteiger partial charge >= 0.3 is 5.30 Å². The summed E-state index contributed by atoms with van der Waals surface area (Å²) in [6.45, 7) is 3.72. The van der Waals surface area contributed by atoms with Crippen LogP contribution in [0.5, 0.6) is 5.88 Å². The maximum atomic E-state index is 12.9. The lowest BCUT2D eigenvalue weighted by atomic mass is 10.0. The lowest BCUT2D eigenvalue weighted by molar-refractivity contribution is 0.103. The van der Waals surface area contributed by atoms with Crippen LogP contribution in [0.4, 0.5) is 4.79 Å². The highest BCUT2D eigenvalue weighted by molar-refractivity contribution is 8.13. The van der Waals surface area contributed by atoms with Crippen molar-refractivity contribution in [3.05, 3.63) is 45.1 Å². The molecule has 1 aromatic heterocycles. The fourth-order valence-electron chi connectivity index (χ4n) is 2.23. The van der Waals surface area contributed by atoms with Gasteiger partial charge in [-0.25, -0.2) is 9.48 Å². The third-order valence-corrected chi connectivity index (χ3v) is 4.83. The molecular formula is C17H18Cl2N2O3S. The molecule has 134 valence electrons. The molecule has 0 aliphatic rings. The maximum absolute atomic E-state index is 12.9. The molecule has 0 aliphatic carbocycles. The van der Waals surface area contributed by atoms with Gasteiger partial charge in [-0.3, -0.25) is 4.79 Å². The Labute approximate surface area is 160 Å². The topological polar surface area (TPSA) is 61.2 Å². The van der Waals surface area contributed by atoms with Gasteiger partial charge in [-0.2, -0.15) is 5.10 Å². The molecule has 2 rings (SSSR count). The van der Waals surface area contributed by atoms with Gasteiger partial charge in [0.1, 0.15) is 5.56 Å². The van der Waals surface area contributed by atoms with Crippen LogP contribution in [0, 0.1) is 6.92 Å². The summed E-state index contributed by atoms with van der Waals surface area (Å²) >= 11 is 13.1. The molecule has 0 bridgehead atoms. The fourth-order valence-corrected chi connectivity index (χ4v) is 3.46. The number of ketones is 1. The average Bonchev–Trinajstić information content (AvgIpc) is 2.81. The Morgan fingerprint density at radius 1 is 1.32 bits per heavy atom. The predicted octanol–water partition coefficient (Wildman–Crippen LogP) is 5.30. The second kappa shape index (κ2) is 8.74. The summed E-state index contributed by atoms with van der Waals surface area (Å²) in [5.74, 6) is 0.412. The first-order valence-electron chi connectivity index (χ1n) is 7.73. The molecule has 0 spiro atoms. The Hall–Kier alpha value is -1.50. The number of carbonyl (C=O) groups excluding carboxylic acids is 2. The van der Waals surface area contributed by atoms with Crippen molar-refractivity contribution in [2.24, 2.45) is 7.05 Å². The molecule has 0 saturated heterocycles. The normalized spacial score (nSPS) is 10.8. The minimum absolute atomic E-state index is 0.113. The van der Waals surface area contributed by atoms with Gasteiger partial charge in [-0.15, -0.1) is 0 Å². The van der Waals surface area contributed by atoms with E-state index in [0.29, 0.717) is 16.5 Å². The second-order valence-corrected chi connectivity index (χ2v) is 7.27. The Morgan fingerprint density at radius 2 is 2.04 bits per heavy atom. The van der Waals surface area contributed by atoms with Crippen LogP contribution in [-0.2, 0) is 7.05 Å². The number of unbranched alkanes of at least 4 members (excludes halogenated alkanes) is 1. The zero-order valence-electron chi connectivity index (χ0n) is 14.1. The van der Waals surface area contributed by atoms with Crippen LogP contribution in [0.25, 0.3) is 0 Å². The van der Waals surface area contributed by atoms with Gasteiger partial charge < -0.3 is 4.74 Å². The van der Waals surface area contributed by atoms with Crippen molar-refractivity contribution in [1.29, 1.82) is 0 Å². The van der Waals surface area contributed by atoms with Crippen molar-refractivity contribution in [2.45, 2.75) is 26.7 Å². The van der Waals surface area contributed by atoms with Gasteiger partial charge in [-0.1, -0.05) is 36.5 Å². The largest absolute Gasteiger partial charge is 0.399 e. The first-order chi connectivity index (χ1) is 11.8. The van der Waals surface area contributed by atoms with E-state index >= 15 is 0 Å². The number of rotatable bonds is 6. The van der Waals surface area contributed by atoms with E-state index in [-0.39, 0.29) is 27.8 Å². The number of carbonyl (C=O) groups is 2. The highest BCUT2D eigenvalue weighted by Gasteiger charge is 2.26. The van der Waals surface area contributed by atoms with Crippen molar-refractivity contribution < 1.29 is 14.3 Å². The molecule has 0 radical (unpaired) electrons. The summed E-state index contributed by atoms with van der Waals surface area (Å²) in [5.41, 5.74) is 0.953. The quantitative estimate of drug-likeness (QED) is 0.374. The Kier molecular flexibility index (Phi) is 6.93. The van der Waals surface area contributed by atoms with E-state index in [1.165, 1.54) is 10.7 Å². The molecular weight excluding hydrogens is 383 g/mol. The minimum atomic E-state index is -0.465. The van der Waals surface area contributed by atoms with Crippen molar-refractivity contribution in [1.82, 2.24) is 9.78 Å². The molecule has 1 heterocycles. The second-order valence-electron chi connectivity index (χ2n) is 5.40. The smallest absolute Gasteiger partial charge is 0.374 e. The molecule has 0 aliphatic heterocycles. The van der Waals surface area contributed by atoms with Crippen LogP contribution in [-0.4, -0.2) is 26.6 Å². The Bertz CT molecular complexity index is 805. The fraction of sp³-hybridized carbons (Fsp3) is 0.353. The van der Waals surface area contributed by atoms with Gasteiger partial charge in [0.05, 0.1) is 10.7 Å². The molecule has 25 heavy (non-hydrogen) atoms. The third-order valence-electron chi connectivity index (χ3n) is 3.47. The molecule has 0 unspecified atom stereocenters. The van der Waals surface area contributed by atoms with Crippen molar-refractivity contribution >= 4 is 46.0 Å². The zero-order chi connectivity index (χ0) is 18.6. The van der Waals surface area contributed by atoms with E-state index < -0.39 is 5.30 Å². The third kappa shape index (κ3) is 4.77. The number of aromatic nitrogens is 2. The molecule has 0 atom stereocenters. The van der Waals surface area contributed by atoms with E-state index in [9.17, 15) is 9.59 Å². The van der Waals surface area contributed by atoms with E-state index in [0.717, 1.165) is 24.6 Å². The highest BCUT2D eigenvalue weighted by atomic mass is 35.5. The monoisotopic (exact) mass is 400 g/mol.